The van der Waals surface area contributed by atoms with Crippen molar-refractivity contribution in [1.29, 1.82) is 0 Å². The average molecular weight is 348 g/mol. The molecule has 0 atom stereocenters. The highest BCUT2D eigenvalue weighted by Crippen LogP contribution is 2.21. The largest absolute Gasteiger partial charge is 0.462 e. The molecule has 128 valence electrons. The van der Waals surface area contributed by atoms with Crippen molar-refractivity contribution < 1.29 is 19.1 Å². The van der Waals surface area contributed by atoms with Crippen LogP contribution >= 0.6 is 11.8 Å². The van der Waals surface area contributed by atoms with Crippen molar-refractivity contribution in [2.45, 2.75) is 31.2 Å². The van der Waals surface area contributed by atoms with E-state index in [2.05, 4.69) is 9.97 Å². The van der Waals surface area contributed by atoms with E-state index < -0.39 is 5.97 Å². The molecule has 1 aromatic heterocycles. The Hall–Kier alpha value is -2.28. The number of ether oxygens (including phenoxy) is 2. The molecule has 6 nitrogen and oxygen atoms in total. The Morgan fingerprint density at radius 1 is 1.21 bits per heavy atom. The van der Waals surface area contributed by atoms with E-state index in [-0.39, 0.29) is 5.97 Å². The van der Waals surface area contributed by atoms with Crippen LogP contribution in [0.25, 0.3) is 0 Å². The summed E-state index contributed by atoms with van der Waals surface area (Å²) < 4.78 is 10.0. The van der Waals surface area contributed by atoms with Gasteiger partial charge in [-0.3, -0.25) is 0 Å². The normalized spacial score (nSPS) is 10.4. The number of imidazole rings is 1. The van der Waals surface area contributed by atoms with Crippen molar-refractivity contribution in [3.63, 3.8) is 0 Å². The number of carbonyl (C=O) groups is 2. The number of nitrogens with one attached hydrogen (secondary N) is 1. The van der Waals surface area contributed by atoms with Crippen LogP contribution in [-0.2, 0) is 15.2 Å². The smallest absolute Gasteiger partial charge is 0.356 e. The van der Waals surface area contributed by atoms with E-state index in [4.69, 9.17) is 9.47 Å². The molecule has 0 aliphatic heterocycles. The summed E-state index contributed by atoms with van der Waals surface area (Å²) in [5, 5.41) is 0.622. The molecule has 2 rings (SSSR count). The van der Waals surface area contributed by atoms with Gasteiger partial charge >= 0.3 is 11.9 Å². The third-order valence-corrected chi connectivity index (χ3v) is 3.98. The van der Waals surface area contributed by atoms with Crippen LogP contribution in [-0.4, -0.2) is 35.1 Å². The Labute approximate surface area is 145 Å². The van der Waals surface area contributed by atoms with Crippen molar-refractivity contribution in [1.82, 2.24) is 9.97 Å². The molecule has 1 N–H and O–H groups in total. The maximum Gasteiger partial charge on any atom is 0.356 e. The van der Waals surface area contributed by atoms with Crippen LogP contribution in [0.1, 0.15) is 46.7 Å². The molecule has 0 spiro atoms. The Balaban J connectivity index is 1.95. The number of rotatable bonds is 8. The lowest BCUT2D eigenvalue weighted by atomic mass is 10.1. The maximum absolute atomic E-state index is 11.9. The van der Waals surface area contributed by atoms with E-state index >= 15 is 0 Å². The maximum atomic E-state index is 11.9. The first-order valence-corrected chi connectivity index (χ1v) is 8.73. The van der Waals surface area contributed by atoms with Crippen LogP contribution in [0.5, 0.6) is 0 Å². The summed E-state index contributed by atoms with van der Waals surface area (Å²) in [4.78, 5) is 30.5. The number of aromatic amines is 1. The number of carbonyl (C=O) groups excluding carboxylic acids is 2. The van der Waals surface area contributed by atoms with Gasteiger partial charge in [-0.1, -0.05) is 30.8 Å². The lowest BCUT2D eigenvalue weighted by Gasteiger charge is -2.05. The van der Waals surface area contributed by atoms with E-state index in [1.54, 1.807) is 19.1 Å². The Morgan fingerprint density at radius 2 is 2.04 bits per heavy atom. The fourth-order valence-electron chi connectivity index (χ4n) is 1.91. The second-order valence-corrected chi connectivity index (χ2v) is 5.91. The molecular formula is C17H20N2O4S. The topological polar surface area (TPSA) is 81.3 Å². The van der Waals surface area contributed by atoms with Gasteiger partial charge in [-0.15, -0.1) is 0 Å². The summed E-state index contributed by atoms with van der Waals surface area (Å²) in [5.41, 5.74) is 1.84. The summed E-state index contributed by atoms with van der Waals surface area (Å²) in [6.07, 6.45) is 2.25. The van der Waals surface area contributed by atoms with Gasteiger partial charge in [-0.25, -0.2) is 14.6 Å². The second-order valence-electron chi connectivity index (χ2n) is 4.95. The number of nitrogens with zero attached hydrogens (tertiary/aromatic N) is 1. The first kappa shape index (κ1) is 18.1. The lowest BCUT2D eigenvalue weighted by Crippen LogP contribution is -2.06. The molecular weight excluding hydrogens is 328 g/mol. The van der Waals surface area contributed by atoms with E-state index in [9.17, 15) is 9.59 Å². The molecule has 0 aliphatic carbocycles. The third kappa shape index (κ3) is 5.13. The Bertz CT molecular complexity index is 699. The molecule has 24 heavy (non-hydrogen) atoms. The van der Waals surface area contributed by atoms with Crippen LogP contribution in [0.2, 0.25) is 0 Å². The van der Waals surface area contributed by atoms with E-state index in [1.165, 1.54) is 18.0 Å². The summed E-state index contributed by atoms with van der Waals surface area (Å²) in [7, 11) is 0. The summed E-state index contributed by atoms with van der Waals surface area (Å²) in [6, 6.07) is 7.29. The predicted octanol–water partition coefficient (Wildman–Crippen LogP) is 3.45. The van der Waals surface area contributed by atoms with Gasteiger partial charge in [-0.05, 0) is 31.0 Å². The molecule has 0 bridgehead atoms. The van der Waals surface area contributed by atoms with Gasteiger partial charge in [0.05, 0.1) is 25.0 Å². The molecule has 0 unspecified atom stereocenters. The van der Waals surface area contributed by atoms with Crippen LogP contribution in [0, 0.1) is 0 Å². The fraction of sp³-hybridized carbons (Fsp3) is 0.353. The SMILES string of the molecule is CCCOC(=O)c1cccc(CSc2ncc(C(=O)OCC)[nH]2)c1. The molecule has 0 radical (unpaired) electrons. The Kier molecular flexibility index (Phi) is 6.87. The monoisotopic (exact) mass is 348 g/mol. The van der Waals surface area contributed by atoms with Crippen LogP contribution in [0.4, 0.5) is 0 Å². The number of hydrogen-bond acceptors (Lipinski definition) is 6. The summed E-state index contributed by atoms with van der Waals surface area (Å²) in [6.45, 7) is 4.44. The van der Waals surface area contributed by atoms with Gasteiger partial charge in [0, 0.05) is 5.75 Å². The van der Waals surface area contributed by atoms with Gasteiger partial charge in [-0.2, -0.15) is 0 Å². The second kappa shape index (κ2) is 9.12. The highest BCUT2D eigenvalue weighted by Gasteiger charge is 2.11. The quantitative estimate of drug-likeness (QED) is 0.581. The molecule has 0 saturated heterocycles. The molecule has 0 fully saturated rings. The number of benzene rings is 1. The van der Waals surface area contributed by atoms with Crippen molar-refractivity contribution >= 4 is 23.7 Å². The van der Waals surface area contributed by atoms with Gasteiger partial charge in [0.2, 0.25) is 0 Å². The zero-order valence-electron chi connectivity index (χ0n) is 13.7. The minimum absolute atomic E-state index is 0.314. The fourth-order valence-corrected chi connectivity index (χ4v) is 2.70. The van der Waals surface area contributed by atoms with Crippen molar-refractivity contribution in [2.75, 3.05) is 13.2 Å². The molecule has 2 aromatic rings. The van der Waals surface area contributed by atoms with Crippen LogP contribution < -0.4 is 0 Å². The van der Waals surface area contributed by atoms with Crippen molar-refractivity contribution in [3.8, 4) is 0 Å². The molecule has 0 aliphatic rings. The van der Waals surface area contributed by atoms with Crippen LogP contribution in [0.15, 0.2) is 35.6 Å². The van der Waals surface area contributed by atoms with E-state index in [0.717, 1.165) is 12.0 Å². The summed E-state index contributed by atoms with van der Waals surface area (Å²) >= 11 is 1.44. The zero-order valence-corrected chi connectivity index (χ0v) is 14.5. The molecule has 0 amide bonds. The van der Waals surface area contributed by atoms with Gasteiger partial charge in [0.15, 0.2) is 5.16 Å². The Morgan fingerprint density at radius 3 is 2.79 bits per heavy atom. The van der Waals surface area contributed by atoms with E-state index in [0.29, 0.717) is 35.4 Å². The molecule has 7 heteroatoms. The van der Waals surface area contributed by atoms with E-state index in [1.807, 2.05) is 19.1 Å². The van der Waals surface area contributed by atoms with Gasteiger partial charge in [0.1, 0.15) is 5.69 Å². The first-order chi connectivity index (χ1) is 11.6. The standard InChI is InChI=1S/C17H20N2O4S/c1-3-8-23-15(20)13-7-5-6-12(9-13)11-24-17-18-10-14(19-17)16(21)22-4-2/h5-7,9-10H,3-4,8,11H2,1-2H3,(H,18,19). The zero-order chi connectivity index (χ0) is 17.4. The molecule has 1 heterocycles. The number of aromatic nitrogens is 2. The number of esters is 2. The molecule has 0 saturated carbocycles. The van der Waals surface area contributed by atoms with Crippen molar-refractivity contribution in [3.05, 3.63) is 47.3 Å². The first-order valence-electron chi connectivity index (χ1n) is 7.75. The highest BCUT2D eigenvalue weighted by molar-refractivity contribution is 7.98. The van der Waals surface area contributed by atoms with Gasteiger partial charge < -0.3 is 14.5 Å². The molecule has 1 aromatic carbocycles. The minimum Gasteiger partial charge on any atom is -0.462 e. The van der Waals surface area contributed by atoms with Gasteiger partial charge in [0.25, 0.3) is 0 Å². The number of thioether (sulfide) groups is 1. The third-order valence-electron chi connectivity index (χ3n) is 3.02. The predicted molar refractivity (Wildman–Crippen MR) is 91.1 cm³/mol. The number of H-pyrrole nitrogens is 1. The lowest BCUT2D eigenvalue weighted by molar-refractivity contribution is 0.0500. The average Bonchev–Trinajstić information content (AvgIpc) is 3.07. The van der Waals surface area contributed by atoms with Crippen molar-refractivity contribution in [2.24, 2.45) is 0 Å². The minimum atomic E-state index is -0.419. The highest BCUT2D eigenvalue weighted by atomic mass is 32.2. The number of hydrogen-bond donors (Lipinski definition) is 1. The summed E-state index contributed by atoms with van der Waals surface area (Å²) in [5.74, 6) is -0.117. The van der Waals surface area contributed by atoms with Crippen LogP contribution in [0.3, 0.4) is 0 Å².